The van der Waals surface area contributed by atoms with Crippen LogP contribution < -0.4 is 4.74 Å². The van der Waals surface area contributed by atoms with E-state index in [-0.39, 0.29) is 16.4 Å². The van der Waals surface area contributed by atoms with Gasteiger partial charge in [0, 0.05) is 11.8 Å². The standard InChI is InChI=1S/C17H14F3N3O3/c1-26-12-6-4-5-11(9-12)14-10-16(25,17(18,19)20)23(22-14)15(24)13-7-2-3-8-21-13/h2-9,25H,10H2,1H3/t16-/m1/s1. The van der Waals surface area contributed by atoms with E-state index in [0.29, 0.717) is 11.3 Å². The lowest BCUT2D eigenvalue weighted by Crippen LogP contribution is -2.56. The summed E-state index contributed by atoms with van der Waals surface area (Å²) in [6.45, 7) is 0. The molecule has 0 fully saturated rings. The van der Waals surface area contributed by atoms with E-state index in [0.717, 1.165) is 0 Å². The van der Waals surface area contributed by atoms with E-state index in [9.17, 15) is 23.1 Å². The van der Waals surface area contributed by atoms with Crippen LogP contribution in [0.3, 0.4) is 0 Å². The van der Waals surface area contributed by atoms with E-state index in [1.165, 1.54) is 43.6 Å². The second-order valence-electron chi connectivity index (χ2n) is 5.60. The summed E-state index contributed by atoms with van der Waals surface area (Å²) in [6, 6.07) is 10.4. The number of amides is 1. The van der Waals surface area contributed by atoms with Crippen molar-refractivity contribution < 1.29 is 27.8 Å². The molecule has 1 aliphatic rings. The predicted molar refractivity (Wildman–Crippen MR) is 85.6 cm³/mol. The van der Waals surface area contributed by atoms with Crippen molar-refractivity contribution in [2.45, 2.75) is 18.3 Å². The lowest BCUT2D eigenvalue weighted by atomic mass is 10.0. The molecule has 6 nitrogen and oxygen atoms in total. The first kappa shape index (κ1) is 17.9. The van der Waals surface area contributed by atoms with Gasteiger partial charge in [-0.2, -0.15) is 23.3 Å². The zero-order valence-corrected chi connectivity index (χ0v) is 13.6. The first-order valence-corrected chi connectivity index (χ1v) is 7.53. The molecule has 0 spiro atoms. The van der Waals surface area contributed by atoms with Crippen LogP contribution in [0.4, 0.5) is 13.2 Å². The minimum absolute atomic E-state index is 0.0458. The van der Waals surface area contributed by atoms with Crippen LogP contribution in [0.2, 0.25) is 0 Å². The normalized spacial score (nSPS) is 20.0. The molecule has 0 saturated heterocycles. The zero-order chi connectivity index (χ0) is 18.9. The molecule has 3 rings (SSSR count). The van der Waals surface area contributed by atoms with Crippen LogP contribution in [0.1, 0.15) is 22.5 Å². The Morgan fingerprint density at radius 2 is 2.04 bits per heavy atom. The van der Waals surface area contributed by atoms with Gasteiger partial charge in [-0.3, -0.25) is 9.78 Å². The van der Waals surface area contributed by atoms with Crippen molar-refractivity contribution in [3.63, 3.8) is 0 Å². The highest BCUT2D eigenvalue weighted by molar-refractivity contribution is 6.05. The number of alkyl halides is 3. The average Bonchev–Trinajstić information content (AvgIpc) is 3.01. The summed E-state index contributed by atoms with van der Waals surface area (Å²) in [5.74, 6) is -0.737. The van der Waals surface area contributed by atoms with Crippen LogP contribution in [-0.4, -0.2) is 45.7 Å². The van der Waals surface area contributed by atoms with Crippen molar-refractivity contribution in [3.05, 3.63) is 59.9 Å². The molecule has 0 radical (unpaired) electrons. The van der Waals surface area contributed by atoms with Gasteiger partial charge in [0.15, 0.2) is 0 Å². The number of halogens is 3. The third-order valence-corrected chi connectivity index (χ3v) is 3.92. The Labute approximate surface area is 146 Å². The van der Waals surface area contributed by atoms with E-state index in [1.807, 2.05) is 0 Å². The number of aromatic nitrogens is 1. The second kappa shape index (κ2) is 6.41. The first-order chi connectivity index (χ1) is 12.3. The third kappa shape index (κ3) is 3.01. The van der Waals surface area contributed by atoms with Gasteiger partial charge in [-0.1, -0.05) is 18.2 Å². The molecule has 0 saturated carbocycles. The smallest absolute Gasteiger partial charge is 0.438 e. The highest BCUT2D eigenvalue weighted by atomic mass is 19.4. The van der Waals surface area contributed by atoms with Crippen molar-refractivity contribution in [2.24, 2.45) is 5.10 Å². The fourth-order valence-electron chi connectivity index (χ4n) is 2.54. The molecule has 0 bridgehead atoms. The second-order valence-corrected chi connectivity index (χ2v) is 5.60. The van der Waals surface area contributed by atoms with Gasteiger partial charge in [0.2, 0.25) is 0 Å². The fraction of sp³-hybridized carbons (Fsp3) is 0.235. The number of hydrogen-bond acceptors (Lipinski definition) is 5. The van der Waals surface area contributed by atoms with Gasteiger partial charge in [0.05, 0.1) is 19.2 Å². The minimum Gasteiger partial charge on any atom is -0.497 e. The molecule has 0 unspecified atom stereocenters. The number of benzene rings is 1. The van der Waals surface area contributed by atoms with Crippen LogP contribution >= 0.6 is 0 Å². The summed E-state index contributed by atoms with van der Waals surface area (Å²) in [4.78, 5) is 16.2. The molecule has 1 amide bonds. The maximum absolute atomic E-state index is 13.5. The Bertz CT molecular complexity index is 855. The molecule has 0 aliphatic carbocycles. The Hall–Kier alpha value is -2.94. The number of aliphatic hydroxyl groups is 1. The Kier molecular flexibility index (Phi) is 4.41. The molecule has 9 heteroatoms. The quantitative estimate of drug-likeness (QED) is 0.907. The molecule has 1 aliphatic heterocycles. The number of methoxy groups -OCH3 is 1. The van der Waals surface area contributed by atoms with Crippen LogP contribution in [0.25, 0.3) is 0 Å². The Balaban J connectivity index is 2.05. The van der Waals surface area contributed by atoms with Gasteiger partial charge < -0.3 is 9.84 Å². The summed E-state index contributed by atoms with van der Waals surface area (Å²) in [6.07, 6.45) is -4.74. The summed E-state index contributed by atoms with van der Waals surface area (Å²) in [5.41, 5.74) is -3.50. The molecule has 1 N–H and O–H groups in total. The van der Waals surface area contributed by atoms with Crippen molar-refractivity contribution in [1.82, 2.24) is 9.99 Å². The molecule has 2 aromatic rings. The monoisotopic (exact) mass is 365 g/mol. The van der Waals surface area contributed by atoms with Crippen molar-refractivity contribution in [3.8, 4) is 5.75 Å². The van der Waals surface area contributed by atoms with Crippen molar-refractivity contribution in [2.75, 3.05) is 7.11 Å². The Morgan fingerprint density at radius 3 is 2.65 bits per heavy atom. The van der Waals surface area contributed by atoms with Gasteiger partial charge in [-0.25, -0.2) is 0 Å². The first-order valence-electron chi connectivity index (χ1n) is 7.53. The number of ether oxygens (including phenoxy) is 1. The van der Waals surface area contributed by atoms with Crippen molar-refractivity contribution >= 4 is 11.6 Å². The molecule has 2 heterocycles. The van der Waals surface area contributed by atoms with Crippen LogP contribution in [-0.2, 0) is 0 Å². The van der Waals surface area contributed by atoms with Crippen LogP contribution in [0, 0.1) is 0 Å². The van der Waals surface area contributed by atoms with Crippen molar-refractivity contribution in [1.29, 1.82) is 0 Å². The number of pyridine rings is 1. The predicted octanol–water partition coefficient (Wildman–Crippen LogP) is 2.59. The minimum atomic E-state index is -5.11. The molecule has 1 atom stereocenters. The molecule has 136 valence electrons. The maximum atomic E-state index is 13.5. The molecule has 1 aromatic heterocycles. The lowest BCUT2D eigenvalue weighted by Gasteiger charge is -2.32. The van der Waals surface area contributed by atoms with E-state index < -0.39 is 24.2 Å². The number of hydrogen-bond donors (Lipinski definition) is 1. The SMILES string of the molecule is COc1cccc(C2=NN(C(=O)c3ccccn3)[C@](O)(C(F)(F)F)C2)c1. The molecular formula is C17H14F3N3O3. The largest absolute Gasteiger partial charge is 0.497 e. The number of carbonyl (C=O) groups excluding carboxylic acids is 1. The number of nitrogens with zero attached hydrogens (tertiary/aromatic N) is 3. The molecular weight excluding hydrogens is 351 g/mol. The lowest BCUT2D eigenvalue weighted by molar-refractivity contribution is -0.297. The fourth-order valence-corrected chi connectivity index (χ4v) is 2.54. The summed E-state index contributed by atoms with van der Waals surface area (Å²) in [5, 5.41) is 14.1. The summed E-state index contributed by atoms with van der Waals surface area (Å²) >= 11 is 0. The van der Waals surface area contributed by atoms with Gasteiger partial charge >= 0.3 is 6.18 Å². The van der Waals surface area contributed by atoms with E-state index >= 15 is 0 Å². The van der Waals surface area contributed by atoms with E-state index in [4.69, 9.17) is 4.74 Å². The van der Waals surface area contributed by atoms with E-state index in [1.54, 1.807) is 12.1 Å². The van der Waals surface area contributed by atoms with Gasteiger partial charge in [0.25, 0.3) is 11.6 Å². The van der Waals surface area contributed by atoms with Gasteiger partial charge in [-0.15, -0.1) is 0 Å². The van der Waals surface area contributed by atoms with Gasteiger partial charge in [0.1, 0.15) is 11.4 Å². The maximum Gasteiger partial charge on any atom is 0.438 e. The zero-order valence-electron chi connectivity index (χ0n) is 13.6. The Morgan fingerprint density at radius 1 is 1.27 bits per heavy atom. The van der Waals surface area contributed by atoms with Crippen LogP contribution in [0.5, 0.6) is 5.75 Å². The van der Waals surface area contributed by atoms with E-state index in [2.05, 4.69) is 10.1 Å². The number of hydrazone groups is 1. The molecule has 1 aromatic carbocycles. The number of carbonyl (C=O) groups is 1. The highest BCUT2D eigenvalue weighted by Gasteiger charge is 2.63. The van der Waals surface area contributed by atoms with Crippen LogP contribution in [0.15, 0.2) is 53.8 Å². The topological polar surface area (TPSA) is 75.0 Å². The van der Waals surface area contributed by atoms with Gasteiger partial charge in [-0.05, 0) is 24.3 Å². The highest BCUT2D eigenvalue weighted by Crippen LogP contribution is 2.42. The number of rotatable bonds is 3. The average molecular weight is 365 g/mol. The summed E-state index contributed by atoms with van der Waals surface area (Å²) in [7, 11) is 1.42. The summed E-state index contributed by atoms with van der Waals surface area (Å²) < 4.78 is 45.7. The third-order valence-electron chi connectivity index (χ3n) is 3.92. The molecule has 26 heavy (non-hydrogen) atoms.